The molecule has 1 aliphatic rings. The van der Waals surface area contributed by atoms with Crippen molar-refractivity contribution in [1.82, 2.24) is 10.2 Å². The molecule has 1 fully saturated rings. The summed E-state index contributed by atoms with van der Waals surface area (Å²) in [5.41, 5.74) is 0. The third-order valence-corrected chi connectivity index (χ3v) is 2.93. The van der Waals surface area contributed by atoms with Crippen molar-refractivity contribution in [2.24, 2.45) is 5.92 Å². The average Bonchev–Trinajstić information content (AvgIpc) is 2.63. The van der Waals surface area contributed by atoms with Crippen LogP contribution in [0, 0.1) is 5.92 Å². The first-order valence-electron chi connectivity index (χ1n) is 5.70. The van der Waals surface area contributed by atoms with Crippen molar-refractivity contribution in [2.75, 3.05) is 19.7 Å². The van der Waals surface area contributed by atoms with Crippen LogP contribution in [0.5, 0.6) is 0 Å². The zero-order valence-electron chi connectivity index (χ0n) is 9.86. The first-order chi connectivity index (χ1) is 7.04. The Bertz CT molecular complexity index is 219. The molecule has 0 aromatic rings. The van der Waals surface area contributed by atoms with E-state index in [1.807, 2.05) is 20.8 Å². The van der Waals surface area contributed by atoms with E-state index < -0.39 is 0 Å². The summed E-state index contributed by atoms with van der Waals surface area (Å²) in [5, 5.41) is 11.9. The molecular weight excluding hydrogens is 192 g/mol. The van der Waals surface area contributed by atoms with Crippen molar-refractivity contribution >= 4 is 5.91 Å². The Morgan fingerprint density at radius 3 is 2.67 bits per heavy atom. The molecule has 1 saturated heterocycles. The number of nitrogens with zero attached hydrogens (tertiary/aromatic N) is 1. The molecular formula is C11H22N2O2. The van der Waals surface area contributed by atoms with Crippen molar-refractivity contribution in [1.29, 1.82) is 0 Å². The fourth-order valence-corrected chi connectivity index (χ4v) is 1.93. The lowest BCUT2D eigenvalue weighted by atomic mass is 10.1. The summed E-state index contributed by atoms with van der Waals surface area (Å²) in [5.74, 6) is 0.433. The number of hydrogen-bond acceptors (Lipinski definition) is 3. The van der Waals surface area contributed by atoms with Gasteiger partial charge in [-0.15, -0.1) is 0 Å². The number of hydrogen-bond donors (Lipinski definition) is 2. The van der Waals surface area contributed by atoms with Gasteiger partial charge in [-0.25, -0.2) is 0 Å². The lowest BCUT2D eigenvalue weighted by molar-refractivity contribution is -0.126. The van der Waals surface area contributed by atoms with Crippen molar-refractivity contribution < 1.29 is 9.90 Å². The van der Waals surface area contributed by atoms with Gasteiger partial charge in [0.2, 0.25) is 5.91 Å². The maximum atomic E-state index is 11.7. The number of aliphatic hydroxyl groups is 1. The highest BCUT2D eigenvalue weighted by Gasteiger charge is 2.29. The van der Waals surface area contributed by atoms with Crippen molar-refractivity contribution in [3.63, 3.8) is 0 Å². The molecule has 2 unspecified atom stereocenters. The van der Waals surface area contributed by atoms with Gasteiger partial charge in [0.1, 0.15) is 0 Å². The SMILES string of the molecule is CC(C)NC(=O)C(C)N1CCC(CO)C1. The topological polar surface area (TPSA) is 52.6 Å². The van der Waals surface area contributed by atoms with Crippen LogP contribution >= 0.6 is 0 Å². The van der Waals surface area contributed by atoms with Gasteiger partial charge in [0.15, 0.2) is 0 Å². The normalized spacial score (nSPS) is 24.5. The number of rotatable bonds is 4. The first kappa shape index (κ1) is 12.5. The Kier molecular flexibility index (Phi) is 4.54. The lowest BCUT2D eigenvalue weighted by Crippen LogP contribution is -2.46. The van der Waals surface area contributed by atoms with Gasteiger partial charge >= 0.3 is 0 Å². The number of nitrogens with one attached hydrogen (secondary N) is 1. The second-order valence-electron chi connectivity index (χ2n) is 4.67. The zero-order valence-corrected chi connectivity index (χ0v) is 9.86. The van der Waals surface area contributed by atoms with Crippen LogP contribution in [0.4, 0.5) is 0 Å². The number of carbonyl (C=O) groups is 1. The third-order valence-electron chi connectivity index (χ3n) is 2.93. The van der Waals surface area contributed by atoms with Crippen LogP contribution in [0.3, 0.4) is 0 Å². The maximum Gasteiger partial charge on any atom is 0.237 e. The molecule has 0 bridgehead atoms. The van der Waals surface area contributed by atoms with Crippen LogP contribution in [0.25, 0.3) is 0 Å². The molecule has 0 aliphatic carbocycles. The van der Waals surface area contributed by atoms with Crippen LogP contribution in [0.1, 0.15) is 27.2 Å². The minimum absolute atomic E-state index is 0.0797. The summed E-state index contributed by atoms with van der Waals surface area (Å²) in [6.45, 7) is 7.84. The van der Waals surface area contributed by atoms with E-state index in [0.29, 0.717) is 5.92 Å². The molecule has 1 amide bonds. The number of likely N-dealkylation sites (tertiary alicyclic amines) is 1. The molecule has 0 saturated carbocycles. The summed E-state index contributed by atoms with van der Waals surface area (Å²) >= 11 is 0. The molecule has 0 aromatic carbocycles. The summed E-state index contributed by atoms with van der Waals surface area (Å²) < 4.78 is 0. The second kappa shape index (κ2) is 5.47. The van der Waals surface area contributed by atoms with Gasteiger partial charge < -0.3 is 10.4 Å². The molecule has 2 N–H and O–H groups in total. The van der Waals surface area contributed by atoms with Crippen LogP contribution in [0.2, 0.25) is 0 Å². The molecule has 88 valence electrons. The van der Waals surface area contributed by atoms with E-state index in [0.717, 1.165) is 19.5 Å². The summed E-state index contributed by atoms with van der Waals surface area (Å²) in [4.78, 5) is 13.9. The Labute approximate surface area is 91.6 Å². The van der Waals surface area contributed by atoms with E-state index in [9.17, 15) is 4.79 Å². The van der Waals surface area contributed by atoms with E-state index in [4.69, 9.17) is 5.11 Å². The van der Waals surface area contributed by atoms with E-state index in [-0.39, 0.29) is 24.6 Å². The Balaban J connectivity index is 2.40. The van der Waals surface area contributed by atoms with Gasteiger partial charge in [-0.05, 0) is 39.7 Å². The maximum absolute atomic E-state index is 11.7. The van der Waals surface area contributed by atoms with E-state index in [1.54, 1.807) is 0 Å². The van der Waals surface area contributed by atoms with E-state index in [1.165, 1.54) is 0 Å². The van der Waals surface area contributed by atoms with Crippen LogP contribution in [0.15, 0.2) is 0 Å². The quantitative estimate of drug-likeness (QED) is 0.703. The Morgan fingerprint density at radius 1 is 1.53 bits per heavy atom. The van der Waals surface area contributed by atoms with Crippen LogP contribution < -0.4 is 5.32 Å². The predicted molar refractivity (Wildman–Crippen MR) is 59.5 cm³/mol. The molecule has 0 radical (unpaired) electrons. The highest BCUT2D eigenvalue weighted by molar-refractivity contribution is 5.81. The molecule has 4 heteroatoms. The standard InChI is InChI=1S/C11H22N2O2/c1-8(2)12-11(15)9(3)13-5-4-10(6-13)7-14/h8-10,14H,4-7H2,1-3H3,(H,12,15). The summed E-state index contributed by atoms with van der Waals surface area (Å²) in [6.07, 6.45) is 0.996. The predicted octanol–water partition coefficient (Wildman–Crippen LogP) is 0.214. The Morgan fingerprint density at radius 2 is 2.20 bits per heavy atom. The number of amides is 1. The number of carbonyl (C=O) groups excluding carboxylic acids is 1. The molecule has 15 heavy (non-hydrogen) atoms. The first-order valence-corrected chi connectivity index (χ1v) is 5.70. The largest absolute Gasteiger partial charge is 0.396 e. The van der Waals surface area contributed by atoms with Gasteiger partial charge in [0, 0.05) is 19.2 Å². The van der Waals surface area contributed by atoms with Crippen molar-refractivity contribution in [3.8, 4) is 0 Å². The highest BCUT2D eigenvalue weighted by Crippen LogP contribution is 2.17. The minimum Gasteiger partial charge on any atom is -0.396 e. The lowest BCUT2D eigenvalue weighted by Gasteiger charge is -2.24. The average molecular weight is 214 g/mol. The second-order valence-corrected chi connectivity index (χ2v) is 4.67. The van der Waals surface area contributed by atoms with Gasteiger partial charge in [-0.2, -0.15) is 0 Å². The van der Waals surface area contributed by atoms with Gasteiger partial charge in [-0.1, -0.05) is 0 Å². The molecule has 0 spiro atoms. The van der Waals surface area contributed by atoms with E-state index >= 15 is 0 Å². The minimum atomic E-state index is -0.0797. The van der Waals surface area contributed by atoms with E-state index in [2.05, 4.69) is 10.2 Å². The molecule has 1 rings (SSSR count). The van der Waals surface area contributed by atoms with Crippen molar-refractivity contribution in [3.05, 3.63) is 0 Å². The number of aliphatic hydroxyl groups excluding tert-OH is 1. The fraction of sp³-hybridized carbons (Fsp3) is 0.909. The van der Waals surface area contributed by atoms with Crippen LogP contribution in [-0.2, 0) is 4.79 Å². The van der Waals surface area contributed by atoms with Crippen molar-refractivity contribution in [2.45, 2.75) is 39.3 Å². The summed E-state index contributed by atoms with van der Waals surface area (Å²) in [6, 6.07) is 0.111. The van der Waals surface area contributed by atoms with Gasteiger partial charge in [0.25, 0.3) is 0 Å². The smallest absolute Gasteiger partial charge is 0.237 e. The monoisotopic (exact) mass is 214 g/mol. The zero-order chi connectivity index (χ0) is 11.4. The third kappa shape index (κ3) is 3.47. The Hall–Kier alpha value is -0.610. The molecule has 4 nitrogen and oxygen atoms in total. The highest BCUT2D eigenvalue weighted by atomic mass is 16.3. The van der Waals surface area contributed by atoms with Gasteiger partial charge in [-0.3, -0.25) is 9.69 Å². The molecule has 1 aliphatic heterocycles. The van der Waals surface area contributed by atoms with Crippen LogP contribution in [-0.4, -0.2) is 47.7 Å². The fourth-order valence-electron chi connectivity index (χ4n) is 1.93. The molecule has 1 heterocycles. The van der Waals surface area contributed by atoms with Gasteiger partial charge in [0.05, 0.1) is 6.04 Å². The summed E-state index contributed by atoms with van der Waals surface area (Å²) in [7, 11) is 0. The molecule has 2 atom stereocenters. The molecule has 0 aromatic heterocycles.